The molecule has 2 nitrogen and oxygen atoms in total. The van der Waals surface area contributed by atoms with Crippen molar-refractivity contribution in [2.75, 3.05) is 6.54 Å². The largest absolute Gasteiger partial charge is 0.311 e. The van der Waals surface area contributed by atoms with Gasteiger partial charge in [0.2, 0.25) is 0 Å². The standard InChI is InChI=1S/C12H22N2S/c1-9(2)12(10(3)4)6-13-5-11-7-15-8-14-11/h7-10,12-13H,5-6H2,1-4H3. The molecule has 0 unspecified atom stereocenters. The lowest BCUT2D eigenvalue weighted by Gasteiger charge is -2.24. The molecule has 0 aliphatic carbocycles. The molecule has 0 bridgehead atoms. The first-order valence-electron chi connectivity index (χ1n) is 5.69. The van der Waals surface area contributed by atoms with E-state index in [1.807, 2.05) is 5.51 Å². The Kier molecular flexibility index (Phi) is 5.26. The average molecular weight is 226 g/mol. The number of rotatable bonds is 6. The van der Waals surface area contributed by atoms with Crippen LogP contribution in [0.1, 0.15) is 33.4 Å². The molecule has 15 heavy (non-hydrogen) atoms. The molecule has 0 saturated carbocycles. The maximum atomic E-state index is 4.26. The molecule has 0 amide bonds. The van der Waals surface area contributed by atoms with Crippen LogP contribution in [0, 0.1) is 17.8 Å². The van der Waals surface area contributed by atoms with Crippen LogP contribution in [0.4, 0.5) is 0 Å². The first-order chi connectivity index (χ1) is 7.11. The lowest BCUT2D eigenvalue weighted by Crippen LogP contribution is -2.29. The van der Waals surface area contributed by atoms with Crippen LogP contribution >= 0.6 is 11.3 Å². The van der Waals surface area contributed by atoms with E-state index in [4.69, 9.17) is 0 Å². The van der Waals surface area contributed by atoms with Gasteiger partial charge in [-0.25, -0.2) is 4.98 Å². The topological polar surface area (TPSA) is 24.9 Å². The summed E-state index contributed by atoms with van der Waals surface area (Å²) in [6.45, 7) is 11.2. The second-order valence-corrected chi connectivity index (χ2v) is 5.48. The van der Waals surface area contributed by atoms with Crippen LogP contribution in [0.2, 0.25) is 0 Å². The highest BCUT2D eigenvalue weighted by Gasteiger charge is 2.16. The number of nitrogens with one attached hydrogen (secondary N) is 1. The third kappa shape index (κ3) is 4.31. The smallest absolute Gasteiger partial charge is 0.0795 e. The van der Waals surface area contributed by atoms with Gasteiger partial charge in [-0.1, -0.05) is 27.7 Å². The van der Waals surface area contributed by atoms with Gasteiger partial charge in [0.1, 0.15) is 0 Å². The van der Waals surface area contributed by atoms with Crippen molar-refractivity contribution in [1.82, 2.24) is 10.3 Å². The molecule has 0 radical (unpaired) electrons. The zero-order valence-electron chi connectivity index (χ0n) is 10.2. The summed E-state index contributed by atoms with van der Waals surface area (Å²) < 4.78 is 0. The summed E-state index contributed by atoms with van der Waals surface area (Å²) in [5.41, 5.74) is 3.05. The number of nitrogens with zero attached hydrogens (tertiary/aromatic N) is 1. The van der Waals surface area contributed by atoms with E-state index in [0.717, 1.165) is 36.5 Å². The van der Waals surface area contributed by atoms with Gasteiger partial charge in [-0.05, 0) is 24.3 Å². The van der Waals surface area contributed by atoms with E-state index in [1.54, 1.807) is 11.3 Å². The van der Waals surface area contributed by atoms with Gasteiger partial charge in [-0.15, -0.1) is 11.3 Å². The Balaban J connectivity index is 2.28. The van der Waals surface area contributed by atoms with Gasteiger partial charge in [0, 0.05) is 11.9 Å². The van der Waals surface area contributed by atoms with E-state index >= 15 is 0 Å². The van der Waals surface area contributed by atoms with E-state index in [9.17, 15) is 0 Å². The normalized spacial score (nSPS) is 11.9. The van der Waals surface area contributed by atoms with Gasteiger partial charge < -0.3 is 5.32 Å². The minimum absolute atomic E-state index is 0.743. The van der Waals surface area contributed by atoms with Crippen molar-refractivity contribution < 1.29 is 0 Å². The number of thiazole rings is 1. The van der Waals surface area contributed by atoms with Crippen molar-refractivity contribution in [2.24, 2.45) is 17.8 Å². The highest BCUT2D eigenvalue weighted by molar-refractivity contribution is 7.07. The van der Waals surface area contributed by atoms with E-state index in [1.165, 1.54) is 0 Å². The molecule has 1 N–H and O–H groups in total. The van der Waals surface area contributed by atoms with Crippen LogP contribution in [0.15, 0.2) is 10.9 Å². The second kappa shape index (κ2) is 6.23. The summed E-state index contributed by atoms with van der Waals surface area (Å²) in [5.74, 6) is 2.24. The Hall–Kier alpha value is -0.410. The third-order valence-corrected chi connectivity index (χ3v) is 3.52. The van der Waals surface area contributed by atoms with Crippen molar-refractivity contribution >= 4 is 11.3 Å². The van der Waals surface area contributed by atoms with E-state index in [-0.39, 0.29) is 0 Å². The summed E-state index contributed by atoms with van der Waals surface area (Å²) in [4.78, 5) is 4.26. The average Bonchev–Trinajstić information content (AvgIpc) is 2.63. The number of aromatic nitrogens is 1. The van der Waals surface area contributed by atoms with Gasteiger partial charge in [-0.3, -0.25) is 0 Å². The molecule has 3 heteroatoms. The SMILES string of the molecule is CC(C)C(CNCc1cscn1)C(C)C. The Bertz CT molecular complexity index is 247. The summed E-state index contributed by atoms with van der Waals surface area (Å²) in [5, 5.41) is 5.60. The molecule has 1 heterocycles. The summed E-state index contributed by atoms with van der Waals surface area (Å²) >= 11 is 1.66. The van der Waals surface area contributed by atoms with Gasteiger partial charge >= 0.3 is 0 Å². The predicted molar refractivity (Wildman–Crippen MR) is 67.0 cm³/mol. The fourth-order valence-corrected chi connectivity index (χ4v) is 2.49. The first-order valence-corrected chi connectivity index (χ1v) is 6.63. The van der Waals surface area contributed by atoms with E-state index < -0.39 is 0 Å². The monoisotopic (exact) mass is 226 g/mol. The quantitative estimate of drug-likeness (QED) is 0.806. The Labute approximate surface area is 97.1 Å². The minimum atomic E-state index is 0.743. The van der Waals surface area contributed by atoms with Gasteiger partial charge in [0.05, 0.1) is 11.2 Å². The molecular weight excluding hydrogens is 204 g/mol. The third-order valence-electron chi connectivity index (χ3n) is 2.88. The molecular formula is C12H22N2S. The lowest BCUT2D eigenvalue weighted by atomic mass is 9.85. The van der Waals surface area contributed by atoms with E-state index in [0.29, 0.717) is 0 Å². The van der Waals surface area contributed by atoms with Crippen molar-refractivity contribution in [3.63, 3.8) is 0 Å². The van der Waals surface area contributed by atoms with Crippen LogP contribution < -0.4 is 5.32 Å². The van der Waals surface area contributed by atoms with Crippen molar-refractivity contribution in [3.8, 4) is 0 Å². The summed E-state index contributed by atoms with van der Waals surface area (Å²) in [6, 6.07) is 0. The van der Waals surface area contributed by atoms with Crippen LogP contribution in [0.3, 0.4) is 0 Å². The highest BCUT2D eigenvalue weighted by atomic mass is 32.1. The van der Waals surface area contributed by atoms with Crippen LogP contribution in [0.5, 0.6) is 0 Å². The van der Waals surface area contributed by atoms with Crippen LogP contribution in [0.25, 0.3) is 0 Å². The Morgan fingerprint density at radius 1 is 1.27 bits per heavy atom. The second-order valence-electron chi connectivity index (χ2n) is 4.76. The van der Waals surface area contributed by atoms with Gasteiger partial charge in [-0.2, -0.15) is 0 Å². The molecule has 1 aromatic rings. The maximum Gasteiger partial charge on any atom is 0.0795 e. The number of hydrogen-bond donors (Lipinski definition) is 1. The summed E-state index contributed by atoms with van der Waals surface area (Å²) in [7, 11) is 0. The molecule has 86 valence electrons. The molecule has 0 aliphatic rings. The zero-order valence-corrected chi connectivity index (χ0v) is 11.0. The predicted octanol–water partition coefficient (Wildman–Crippen LogP) is 3.16. The maximum absolute atomic E-state index is 4.26. The van der Waals surface area contributed by atoms with Crippen molar-refractivity contribution in [2.45, 2.75) is 34.2 Å². The molecule has 0 spiro atoms. The van der Waals surface area contributed by atoms with Crippen molar-refractivity contribution in [1.29, 1.82) is 0 Å². The Morgan fingerprint density at radius 3 is 2.40 bits per heavy atom. The fourth-order valence-electron chi connectivity index (χ4n) is 1.93. The Morgan fingerprint density at radius 2 is 1.93 bits per heavy atom. The zero-order chi connectivity index (χ0) is 11.3. The molecule has 0 saturated heterocycles. The molecule has 1 aromatic heterocycles. The van der Waals surface area contributed by atoms with Gasteiger partial charge in [0.15, 0.2) is 0 Å². The van der Waals surface area contributed by atoms with E-state index in [2.05, 4.69) is 43.4 Å². The number of hydrogen-bond acceptors (Lipinski definition) is 3. The van der Waals surface area contributed by atoms with Crippen molar-refractivity contribution in [3.05, 3.63) is 16.6 Å². The fraction of sp³-hybridized carbons (Fsp3) is 0.750. The first kappa shape index (κ1) is 12.7. The molecule has 1 rings (SSSR count). The lowest BCUT2D eigenvalue weighted by molar-refractivity contribution is 0.275. The molecule has 0 aromatic carbocycles. The molecule has 0 atom stereocenters. The van der Waals surface area contributed by atoms with Crippen LogP contribution in [-0.4, -0.2) is 11.5 Å². The molecule has 0 fully saturated rings. The molecule has 0 aliphatic heterocycles. The minimum Gasteiger partial charge on any atom is -0.311 e. The highest BCUT2D eigenvalue weighted by Crippen LogP contribution is 2.19. The van der Waals surface area contributed by atoms with Gasteiger partial charge in [0.25, 0.3) is 0 Å². The summed E-state index contributed by atoms with van der Waals surface area (Å²) in [6.07, 6.45) is 0. The van der Waals surface area contributed by atoms with Crippen LogP contribution in [-0.2, 0) is 6.54 Å².